The summed E-state index contributed by atoms with van der Waals surface area (Å²) in [4.78, 5) is 20.7. The first-order valence-corrected chi connectivity index (χ1v) is 12.0. The Morgan fingerprint density at radius 1 is 1.09 bits per heavy atom. The third kappa shape index (κ3) is 5.93. The van der Waals surface area contributed by atoms with E-state index in [9.17, 15) is 4.79 Å². The molecule has 176 valence electrons. The van der Waals surface area contributed by atoms with Gasteiger partial charge in [-0.3, -0.25) is 14.1 Å². The molecule has 1 aromatic carbocycles. The maximum absolute atomic E-state index is 12.9. The van der Waals surface area contributed by atoms with Crippen molar-refractivity contribution in [2.45, 2.75) is 43.2 Å². The molecule has 1 unspecified atom stereocenters. The number of rotatable bonds is 7. The molecule has 0 bridgehead atoms. The van der Waals surface area contributed by atoms with Crippen LogP contribution in [-0.2, 0) is 11.2 Å². The molecule has 2 aromatic heterocycles. The standard InChI is InChI=1S/C25H28N4OS.2ClH/c30-25(22-16-21-18-26-23-12-6-13-24(31-22)29(21)23)27-17-20-11-4-5-14-28(20)15-7-10-19-8-2-1-3-9-19;;/h1-3,6,8-9,12-13,16,18,20H,4-5,7,10-11,14-15,17H2,(H,27,30);2*1H. The summed E-state index contributed by atoms with van der Waals surface area (Å²) in [6.07, 6.45) is 9.71. The van der Waals surface area contributed by atoms with Crippen LogP contribution in [-0.4, -0.2) is 45.9 Å². The molecule has 2 aliphatic rings. The van der Waals surface area contributed by atoms with Crippen molar-refractivity contribution in [3.05, 3.63) is 70.9 Å². The molecule has 1 N–H and O–H groups in total. The minimum atomic E-state index is 0. The van der Waals surface area contributed by atoms with Crippen LogP contribution in [0.5, 0.6) is 0 Å². The van der Waals surface area contributed by atoms with Crippen LogP contribution in [0.3, 0.4) is 0 Å². The van der Waals surface area contributed by atoms with Crippen molar-refractivity contribution >= 4 is 54.2 Å². The number of benzene rings is 1. The van der Waals surface area contributed by atoms with Crippen molar-refractivity contribution in [1.29, 1.82) is 0 Å². The highest BCUT2D eigenvalue weighted by atomic mass is 35.5. The van der Waals surface area contributed by atoms with Gasteiger partial charge < -0.3 is 5.32 Å². The highest BCUT2D eigenvalue weighted by Crippen LogP contribution is 2.34. The predicted octanol–water partition coefficient (Wildman–Crippen LogP) is 5.23. The van der Waals surface area contributed by atoms with E-state index in [0.29, 0.717) is 12.6 Å². The largest absolute Gasteiger partial charge is 0.350 e. The highest BCUT2D eigenvalue weighted by molar-refractivity contribution is 8.04. The Hall–Kier alpha value is -1.99. The molecule has 0 radical (unpaired) electrons. The van der Waals surface area contributed by atoms with Crippen LogP contribution < -0.4 is 5.32 Å². The summed E-state index contributed by atoms with van der Waals surface area (Å²) in [5, 5.41) is 4.26. The number of aromatic nitrogens is 2. The van der Waals surface area contributed by atoms with Gasteiger partial charge in [0.05, 0.1) is 21.8 Å². The molecule has 33 heavy (non-hydrogen) atoms. The predicted molar refractivity (Wildman–Crippen MR) is 141 cm³/mol. The van der Waals surface area contributed by atoms with E-state index in [4.69, 9.17) is 0 Å². The van der Waals surface area contributed by atoms with Gasteiger partial charge in [-0.2, -0.15) is 0 Å². The molecule has 4 heterocycles. The third-order valence-electron chi connectivity index (χ3n) is 6.24. The molecule has 0 saturated carbocycles. The fraction of sp³-hybridized carbons (Fsp3) is 0.360. The molecule has 2 aliphatic heterocycles. The van der Waals surface area contributed by atoms with E-state index in [1.807, 2.05) is 30.5 Å². The Morgan fingerprint density at radius 3 is 2.79 bits per heavy atom. The molecule has 1 amide bonds. The molecular formula is C25H30Cl2N4OS. The summed E-state index contributed by atoms with van der Waals surface area (Å²) in [6, 6.07) is 17.1. The van der Waals surface area contributed by atoms with Gasteiger partial charge in [0.1, 0.15) is 5.65 Å². The van der Waals surface area contributed by atoms with Crippen LogP contribution in [0, 0.1) is 0 Å². The van der Waals surface area contributed by atoms with Crippen LogP contribution in [0.4, 0.5) is 0 Å². The van der Waals surface area contributed by atoms with E-state index in [1.54, 1.807) is 0 Å². The van der Waals surface area contributed by atoms with Gasteiger partial charge in [-0.15, -0.1) is 24.8 Å². The molecule has 8 heteroatoms. The number of thioether (sulfide) groups is 1. The van der Waals surface area contributed by atoms with Crippen molar-refractivity contribution in [1.82, 2.24) is 19.6 Å². The number of pyridine rings is 1. The van der Waals surface area contributed by atoms with Crippen LogP contribution in [0.15, 0.2) is 64.7 Å². The lowest BCUT2D eigenvalue weighted by Gasteiger charge is -2.36. The van der Waals surface area contributed by atoms with Gasteiger partial charge in [0.25, 0.3) is 5.91 Å². The van der Waals surface area contributed by atoms with Crippen LogP contribution >= 0.6 is 36.6 Å². The number of nitrogens with zero attached hydrogens (tertiary/aromatic N) is 3. The Balaban J connectivity index is 0.00000153. The minimum Gasteiger partial charge on any atom is -0.350 e. The van der Waals surface area contributed by atoms with Gasteiger partial charge in [0, 0.05) is 12.6 Å². The number of carbonyl (C=O) groups is 1. The van der Waals surface area contributed by atoms with E-state index < -0.39 is 0 Å². The number of aryl methyl sites for hydroxylation is 1. The van der Waals surface area contributed by atoms with E-state index in [1.165, 1.54) is 30.2 Å². The van der Waals surface area contributed by atoms with E-state index in [2.05, 4.69) is 49.9 Å². The molecule has 1 saturated heterocycles. The number of nitrogens with one attached hydrogen (secondary N) is 1. The van der Waals surface area contributed by atoms with E-state index in [0.717, 1.165) is 53.6 Å². The topological polar surface area (TPSA) is 49.6 Å². The highest BCUT2D eigenvalue weighted by Gasteiger charge is 2.24. The van der Waals surface area contributed by atoms with Gasteiger partial charge in [-0.25, -0.2) is 4.98 Å². The summed E-state index contributed by atoms with van der Waals surface area (Å²) in [7, 11) is 0. The molecule has 3 aromatic rings. The monoisotopic (exact) mass is 504 g/mol. The van der Waals surface area contributed by atoms with Crippen molar-refractivity contribution in [2.24, 2.45) is 0 Å². The lowest BCUT2D eigenvalue weighted by molar-refractivity contribution is -0.117. The normalized spacial score (nSPS) is 17.6. The minimum absolute atomic E-state index is 0. The fourth-order valence-electron chi connectivity index (χ4n) is 4.61. The summed E-state index contributed by atoms with van der Waals surface area (Å²) >= 11 is 1.52. The first kappa shape index (κ1) is 25.6. The van der Waals surface area contributed by atoms with Gasteiger partial charge in [-0.1, -0.05) is 54.6 Å². The van der Waals surface area contributed by atoms with Gasteiger partial charge >= 0.3 is 0 Å². The number of hydrogen-bond donors (Lipinski definition) is 1. The van der Waals surface area contributed by atoms with E-state index in [-0.39, 0.29) is 30.7 Å². The lowest BCUT2D eigenvalue weighted by atomic mass is 10.0. The zero-order valence-corrected chi connectivity index (χ0v) is 20.9. The smallest absolute Gasteiger partial charge is 0.258 e. The van der Waals surface area contributed by atoms with Gasteiger partial charge in [-0.05, 0) is 62.5 Å². The second kappa shape index (κ2) is 11.9. The summed E-state index contributed by atoms with van der Waals surface area (Å²) < 4.78 is 2.09. The molecule has 0 aliphatic carbocycles. The number of piperidine rings is 1. The summed E-state index contributed by atoms with van der Waals surface area (Å²) in [5.41, 5.74) is 3.29. The van der Waals surface area contributed by atoms with Crippen molar-refractivity contribution in [3.63, 3.8) is 0 Å². The number of carbonyl (C=O) groups excluding carboxylic acids is 1. The average molecular weight is 506 g/mol. The maximum Gasteiger partial charge on any atom is 0.258 e. The molecular weight excluding hydrogens is 475 g/mol. The zero-order valence-electron chi connectivity index (χ0n) is 18.5. The Bertz CT molecular complexity index is 1100. The molecule has 0 spiro atoms. The first-order chi connectivity index (χ1) is 15.3. The Labute approximate surface area is 211 Å². The SMILES string of the molecule is Cl.Cl.O=C(NCC1CCCCN1CCCc1ccccc1)C1=Cc2cnc3cccc(n23)S1. The van der Waals surface area contributed by atoms with Crippen molar-refractivity contribution in [2.75, 3.05) is 19.6 Å². The average Bonchev–Trinajstić information content (AvgIpc) is 3.23. The van der Waals surface area contributed by atoms with Gasteiger partial charge in [0.2, 0.25) is 0 Å². The van der Waals surface area contributed by atoms with Gasteiger partial charge in [0.15, 0.2) is 0 Å². The number of amides is 1. The molecule has 5 nitrogen and oxygen atoms in total. The zero-order chi connectivity index (χ0) is 21.0. The molecule has 1 fully saturated rings. The second-order valence-corrected chi connectivity index (χ2v) is 9.40. The summed E-state index contributed by atoms with van der Waals surface area (Å²) in [6.45, 7) is 2.94. The van der Waals surface area contributed by atoms with Crippen molar-refractivity contribution < 1.29 is 4.79 Å². The Kier molecular flexibility index (Phi) is 9.27. The fourth-order valence-corrected chi connectivity index (χ4v) is 5.62. The second-order valence-electron chi connectivity index (χ2n) is 8.34. The number of imidazole rings is 1. The maximum atomic E-state index is 12.9. The number of halogens is 2. The lowest BCUT2D eigenvalue weighted by Crippen LogP contribution is -2.47. The third-order valence-corrected chi connectivity index (χ3v) is 7.29. The summed E-state index contributed by atoms with van der Waals surface area (Å²) in [5.74, 6) is 0.0178. The van der Waals surface area contributed by atoms with Crippen LogP contribution in [0.2, 0.25) is 0 Å². The quantitative estimate of drug-likeness (QED) is 0.478. The molecule has 5 rings (SSSR count). The van der Waals surface area contributed by atoms with Crippen LogP contribution in [0.1, 0.15) is 36.9 Å². The van der Waals surface area contributed by atoms with Crippen LogP contribution in [0.25, 0.3) is 11.7 Å². The molecule has 1 atom stereocenters. The van der Waals surface area contributed by atoms with Crippen molar-refractivity contribution in [3.8, 4) is 0 Å². The van der Waals surface area contributed by atoms with E-state index >= 15 is 0 Å². The first-order valence-electron chi connectivity index (χ1n) is 11.2. The number of hydrogen-bond acceptors (Lipinski definition) is 4. The number of likely N-dealkylation sites (tertiary alicyclic amines) is 1. The Morgan fingerprint density at radius 2 is 1.94 bits per heavy atom.